The lowest BCUT2D eigenvalue weighted by Crippen LogP contribution is -2.10. The Hall–Kier alpha value is -1.39. The van der Waals surface area contributed by atoms with Crippen molar-refractivity contribution >= 4 is 34.5 Å². The van der Waals surface area contributed by atoms with E-state index in [0.29, 0.717) is 9.34 Å². The van der Waals surface area contributed by atoms with Gasteiger partial charge in [-0.3, -0.25) is 4.79 Å². The van der Waals surface area contributed by atoms with Crippen LogP contribution < -0.4 is 5.32 Å². The maximum Gasteiger partial charge on any atom is 0.267 e. The number of aromatic nitrogens is 1. The lowest BCUT2D eigenvalue weighted by atomic mass is 10.2. The topological polar surface area (TPSA) is 42.0 Å². The number of nitrogens with zero attached hydrogens (tertiary/aromatic N) is 1. The summed E-state index contributed by atoms with van der Waals surface area (Å²) in [4.78, 5) is 16.1. The molecule has 0 fully saturated rings. The number of para-hydroxylation sites is 1. The minimum absolute atomic E-state index is 0.182. The van der Waals surface area contributed by atoms with E-state index in [4.69, 9.17) is 11.6 Å². The van der Waals surface area contributed by atoms with E-state index < -0.39 is 0 Å². The van der Waals surface area contributed by atoms with Crippen LogP contribution in [0.15, 0.2) is 30.5 Å². The van der Waals surface area contributed by atoms with E-state index in [1.807, 2.05) is 31.2 Å². The van der Waals surface area contributed by atoms with Gasteiger partial charge < -0.3 is 5.32 Å². The number of carbonyl (C=O) groups is 1. The minimum Gasteiger partial charge on any atom is -0.321 e. The standard InChI is InChI=1S/C11H9ClN2OS/c1-7-4-2-3-5-8(7)14-10(15)9-6-13-11(12)16-9/h2-6H,1H3,(H,14,15). The van der Waals surface area contributed by atoms with Gasteiger partial charge in [0.25, 0.3) is 5.91 Å². The van der Waals surface area contributed by atoms with Gasteiger partial charge in [0.1, 0.15) is 4.88 Å². The summed E-state index contributed by atoms with van der Waals surface area (Å²) in [7, 11) is 0. The molecule has 0 aliphatic carbocycles. The number of halogens is 1. The van der Waals surface area contributed by atoms with Crippen LogP contribution in [0.1, 0.15) is 15.2 Å². The highest BCUT2D eigenvalue weighted by Crippen LogP contribution is 2.20. The van der Waals surface area contributed by atoms with Crippen LogP contribution in [0.4, 0.5) is 5.69 Å². The highest BCUT2D eigenvalue weighted by molar-refractivity contribution is 7.17. The highest BCUT2D eigenvalue weighted by atomic mass is 35.5. The molecule has 1 heterocycles. The molecule has 5 heteroatoms. The van der Waals surface area contributed by atoms with Gasteiger partial charge in [-0.05, 0) is 18.6 Å². The summed E-state index contributed by atoms with van der Waals surface area (Å²) < 4.78 is 0.370. The Morgan fingerprint density at radius 3 is 2.81 bits per heavy atom. The summed E-state index contributed by atoms with van der Waals surface area (Å²) in [5.41, 5.74) is 1.82. The molecule has 1 aromatic heterocycles. The Morgan fingerprint density at radius 1 is 1.44 bits per heavy atom. The van der Waals surface area contributed by atoms with E-state index in [9.17, 15) is 4.79 Å². The van der Waals surface area contributed by atoms with E-state index in [1.165, 1.54) is 6.20 Å². The molecule has 16 heavy (non-hydrogen) atoms. The number of benzene rings is 1. The molecule has 0 saturated heterocycles. The Kier molecular flexibility index (Phi) is 3.22. The first kappa shape index (κ1) is 11.1. The zero-order valence-electron chi connectivity index (χ0n) is 8.53. The predicted molar refractivity (Wildman–Crippen MR) is 66.3 cm³/mol. The fourth-order valence-corrected chi connectivity index (χ4v) is 2.09. The van der Waals surface area contributed by atoms with Crippen LogP contribution in [-0.2, 0) is 0 Å². The fraction of sp³-hybridized carbons (Fsp3) is 0.0909. The van der Waals surface area contributed by atoms with Crippen molar-refractivity contribution in [3.63, 3.8) is 0 Å². The molecule has 0 saturated carbocycles. The van der Waals surface area contributed by atoms with Gasteiger partial charge in [0.05, 0.1) is 6.20 Å². The third-order valence-corrected chi connectivity index (χ3v) is 3.21. The smallest absolute Gasteiger partial charge is 0.267 e. The first-order chi connectivity index (χ1) is 7.66. The lowest BCUT2D eigenvalue weighted by molar-refractivity contribution is 0.103. The molecule has 0 atom stereocenters. The Bertz CT molecular complexity index is 524. The first-order valence-corrected chi connectivity index (χ1v) is 5.84. The van der Waals surface area contributed by atoms with E-state index in [2.05, 4.69) is 10.3 Å². The lowest BCUT2D eigenvalue weighted by Gasteiger charge is -2.05. The highest BCUT2D eigenvalue weighted by Gasteiger charge is 2.10. The number of anilines is 1. The largest absolute Gasteiger partial charge is 0.321 e. The summed E-state index contributed by atoms with van der Waals surface area (Å²) in [6.07, 6.45) is 1.47. The Morgan fingerprint density at radius 2 is 2.19 bits per heavy atom. The predicted octanol–water partition coefficient (Wildman–Crippen LogP) is 3.36. The molecule has 0 aliphatic rings. The summed E-state index contributed by atoms with van der Waals surface area (Å²) in [6.45, 7) is 1.94. The van der Waals surface area contributed by atoms with Crippen LogP contribution in [0, 0.1) is 6.92 Å². The van der Waals surface area contributed by atoms with Crippen molar-refractivity contribution < 1.29 is 4.79 Å². The van der Waals surface area contributed by atoms with E-state index >= 15 is 0 Å². The number of carbonyl (C=O) groups excluding carboxylic acids is 1. The van der Waals surface area contributed by atoms with Gasteiger partial charge in [-0.1, -0.05) is 41.1 Å². The van der Waals surface area contributed by atoms with Crippen molar-refractivity contribution in [3.8, 4) is 0 Å². The second-order valence-corrected chi connectivity index (χ2v) is 4.86. The van der Waals surface area contributed by atoms with E-state index in [1.54, 1.807) is 0 Å². The van der Waals surface area contributed by atoms with E-state index in [-0.39, 0.29) is 5.91 Å². The molecule has 1 aromatic carbocycles. The molecule has 3 nitrogen and oxygen atoms in total. The third-order valence-electron chi connectivity index (χ3n) is 2.09. The Labute approximate surface area is 102 Å². The SMILES string of the molecule is Cc1ccccc1NC(=O)c1cnc(Cl)s1. The number of hydrogen-bond acceptors (Lipinski definition) is 3. The van der Waals surface area contributed by atoms with Gasteiger partial charge >= 0.3 is 0 Å². The number of aryl methyl sites for hydroxylation is 1. The zero-order valence-corrected chi connectivity index (χ0v) is 10.1. The minimum atomic E-state index is -0.182. The normalized spacial score (nSPS) is 10.1. The number of nitrogens with one attached hydrogen (secondary N) is 1. The molecule has 2 rings (SSSR count). The van der Waals surface area contributed by atoms with Gasteiger partial charge in [-0.15, -0.1) is 0 Å². The molecule has 0 bridgehead atoms. The van der Waals surface area contributed by atoms with Gasteiger partial charge in [-0.25, -0.2) is 4.98 Å². The maximum absolute atomic E-state index is 11.8. The average molecular weight is 253 g/mol. The van der Waals surface area contributed by atoms with E-state index in [0.717, 1.165) is 22.6 Å². The number of hydrogen-bond donors (Lipinski definition) is 1. The molecule has 1 N–H and O–H groups in total. The van der Waals surface area contributed by atoms with Crippen molar-refractivity contribution in [2.75, 3.05) is 5.32 Å². The van der Waals surface area contributed by atoms with Crippen molar-refractivity contribution in [1.82, 2.24) is 4.98 Å². The zero-order chi connectivity index (χ0) is 11.5. The van der Waals surface area contributed by atoms with Gasteiger partial charge in [-0.2, -0.15) is 0 Å². The van der Waals surface area contributed by atoms with Crippen LogP contribution in [0.2, 0.25) is 4.47 Å². The summed E-state index contributed by atoms with van der Waals surface area (Å²) >= 11 is 6.83. The van der Waals surface area contributed by atoms with Crippen LogP contribution in [0.25, 0.3) is 0 Å². The molecule has 0 spiro atoms. The summed E-state index contributed by atoms with van der Waals surface area (Å²) in [6, 6.07) is 7.60. The third kappa shape index (κ3) is 2.40. The average Bonchev–Trinajstić information content (AvgIpc) is 2.68. The van der Waals surface area contributed by atoms with Gasteiger partial charge in [0.15, 0.2) is 4.47 Å². The monoisotopic (exact) mass is 252 g/mol. The fourth-order valence-electron chi connectivity index (χ4n) is 1.25. The number of rotatable bonds is 2. The van der Waals surface area contributed by atoms with Gasteiger partial charge in [0.2, 0.25) is 0 Å². The summed E-state index contributed by atoms with van der Waals surface area (Å²) in [5.74, 6) is -0.182. The maximum atomic E-state index is 11.8. The molecule has 2 aromatic rings. The summed E-state index contributed by atoms with van der Waals surface area (Å²) in [5, 5.41) is 2.81. The molecule has 82 valence electrons. The van der Waals surface area contributed by atoms with Crippen molar-refractivity contribution in [1.29, 1.82) is 0 Å². The van der Waals surface area contributed by atoms with Crippen LogP contribution in [0.3, 0.4) is 0 Å². The first-order valence-electron chi connectivity index (χ1n) is 4.65. The van der Waals surface area contributed by atoms with Crippen molar-refractivity contribution in [2.45, 2.75) is 6.92 Å². The molecule has 1 amide bonds. The quantitative estimate of drug-likeness (QED) is 0.891. The number of thiazole rings is 1. The van der Waals surface area contributed by atoms with Crippen LogP contribution in [-0.4, -0.2) is 10.9 Å². The van der Waals surface area contributed by atoms with Crippen LogP contribution >= 0.6 is 22.9 Å². The van der Waals surface area contributed by atoms with Crippen LogP contribution in [0.5, 0.6) is 0 Å². The molecule has 0 aliphatic heterocycles. The molecule has 0 radical (unpaired) electrons. The van der Waals surface area contributed by atoms with Gasteiger partial charge in [0, 0.05) is 5.69 Å². The Balaban J connectivity index is 2.17. The van der Waals surface area contributed by atoms with Crippen molar-refractivity contribution in [3.05, 3.63) is 45.4 Å². The second-order valence-electron chi connectivity index (χ2n) is 3.25. The molecule has 0 unspecified atom stereocenters. The number of amides is 1. The molecular weight excluding hydrogens is 244 g/mol. The van der Waals surface area contributed by atoms with Crippen molar-refractivity contribution in [2.24, 2.45) is 0 Å². The molecular formula is C11H9ClN2OS. The second kappa shape index (κ2) is 4.63.